The van der Waals surface area contributed by atoms with E-state index in [0.29, 0.717) is 11.5 Å². The molecule has 0 spiro atoms. The predicted octanol–water partition coefficient (Wildman–Crippen LogP) is 4.24. The zero-order valence-corrected chi connectivity index (χ0v) is 14.1. The molecular weight excluding hydrogens is 256 g/mol. The molecule has 1 fully saturated rings. The normalized spacial score (nSPS) is 20.3. The van der Waals surface area contributed by atoms with E-state index < -0.39 is 0 Å². The van der Waals surface area contributed by atoms with E-state index in [0.717, 1.165) is 0 Å². The molecule has 0 aromatic heterocycles. The van der Waals surface area contributed by atoms with Gasteiger partial charge in [-0.05, 0) is 56.9 Å². The topological polar surface area (TPSA) is 15.3 Å². The molecule has 1 unspecified atom stereocenters. The van der Waals surface area contributed by atoms with Gasteiger partial charge in [0.1, 0.15) is 0 Å². The van der Waals surface area contributed by atoms with Crippen LogP contribution in [0.5, 0.6) is 0 Å². The Morgan fingerprint density at radius 2 is 1.71 bits per heavy atom. The van der Waals surface area contributed by atoms with Crippen molar-refractivity contribution in [1.29, 1.82) is 0 Å². The molecule has 1 aliphatic rings. The third-order valence-corrected chi connectivity index (χ3v) is 5.70. The standard InChI is InChI=1S/C19H32N2/c1-4-19(5-2)12-15-21(16-13-19)14-11-18(20-3)17-9-7-6-8-10-17/h6-10,18,20H,4-5,11-16H2,1-3H3. The molecule has 1 aromatic rings. The Morgan fingerprint density at radius 3 is 2.24 bits per heavy atom. The highest BCUT2D eigenvalue weighted by Gasteiger charge is 2.31. The van der Waals surface area contributed by atoms with Crippen LogP contribution in [0.4, 0.5) is 0 Å². The van der Waals surface area contributed by atoms with E-state index >= 15 is 0 Å². The average Bonchev–Trinajstić information content (AvgIpc) is 2.57. The van der Waals surface area contributed by atoms with Crippen LogP contribution in [0.25, 0.3) is 0 Å². The van der Waals surface area contributed by atoms with E-state index in [1.54, 1.807) is 0 Å². The molecule has 21 heavy (non-hydrogen) atoms. The van der Waals surface area contributed by atoms with Crippen molar-refractivity contribution in [2.24, 2.45) is 5.41 Å². The van der Waals surface area contributed by atoms with Crippen LogP contribution in [0.15, 0.2) is 30.3 Å². The number of hydrogen-bond donors (Lipinski definition) is 1. The summed E-state index contributed by atoms with van der Waals surface area (Å²) in [5, 5.41) is 3.47. The van der Waals surface area contributed by atoms with Crippen molar-refractivity contribution in [3.05, 3.63) is 35.9 Å². The van der Waals surface area contributed by atoms with Crippen molar-refractivity contribution in [3.8, 4) is 0 Å². The maximum absolute atomic E-state index is 3.47. The van der Waals surface area contributed by atoms with Crippen LogP contribution >= 0.6 is 0 Å². The largest absolute Gasteiger partial charge is 0.313 e. The van der Waals surface area contributed by atoms with Crippen molar-refractivity contribution in [2.45, 2.75) is 52.0 Å². The summed E-state index contributed by atoms with van der Waals surface area (Å²) < 4.78 is 0. The Balaban J connectivity index is 1.81. The Morgan fingerprint density at radius 1 is 1.10 bits per heavy atom. The van der Waals surface area contributed by atoms with E-state index in [1.165, 1.54) is 57.3 Å². The van der Waals surface area contributed by atoms with Gasteiger partial charge in [-0.2, -0.15) is 0 Å². The van der Waals surface area contributed by atoms with Crippen molar-refractivity contribution in [3.63, 3.8) is 0 Å². The fraction of sp³-hybridized carbons (Fsp3) is 0.684. The number of likely N-dealkylation sites (tertiary alicyclic amines) is 1. The zero-order valence-electron chi connectivity index (χ0n) is 14.1. The summed E-state index contributed by atoms with van der Waals surface area (Å²) in [6.07, 6.45) is 6.66. The first-order valence-corrected chi connectivity index (χ1v) is 8.67. The minimum Gasteiger partial charge on any atom is -0.313 e. The van der Waals surface area contributed by atoms with Crippen LogP contribution in [0, 0.1) is 5.41 Å². The highest BCUT2D eigenvalue weighted by molar-refractivity contribution is 5.18. The Hall–Kier alpha value is -0.860. The summed E-state index contributed by atoms with van der Waals surface area (Å²) in [6, 6.07) is 11.3. The van der Waals surface area contributed by atoms with Crippen LogP contribution in [0.2, 0.25) is 0 Å². The lowest BCUT2D eigenvalue weighted by Crippen LogP contribution is -2.40. The molecule has 1 heterocycles. The molecule has 1 atom stereocenters. The van der Waals surface area contributed by atoms with Gasteiger partial charge in [0.15, 0.2) is 0 Å². The molecule has 2 heteroatoms. The van der Waals surface area contributed by atoms with Crippen LogP contribution in [-0.4, -0.2) is 31.6 Å². The van der Waals surface area contributed by atoms with Gasteiger partial charge in [0.05, 0.1) is 0 Å². The van der Waals surface area contributed by atoms with Crippen molar-refractivity contribution in [2.75, 3.05) is 26.7 Å². The van der Waals surface area contributed by atoms with E-state index in [4.69, 9.17) is 0 Å². The van der Waals surface area contributed by atoms with Crippen molar-refractivity contribution in [1.82, 2.24) is 10.2 Å². The van der Waals surface area contributed by atoms with Gasteiger partial charge in [-0.25, -0.2) is 0 Å². The van der Waals surface area contributed by atoms with E-state index in [9.17, 15) is 0 Å². The lowest BCUT2D eigenvalue weighted by atomic mass is 9.74. The second-order valence-corrected chi connectivity index (χ2v) is 6.59. The highest BCUT2D eigenvalue weighted by Crippen LogP contribution is 2.38. The third-order valence-electron chi connectivity index (χ3n) is 5.70. The van der Waals surface area contributed by atoms with Crippen molar-refractivity contribution < 1.29 is 0 Å². The Bertz CT molecular complexity index is 387. The lowest BCUT2D eigenvalue weighted by Gasteiger charge is -2.41. The lowest BCUT2D eigenvalue weighted by molar-refractivity contribution is 0.0927. The van der Waals surface area contributed by atoms with Crippen LogP contribution in [-0.2, 0) is 0 Å². The number of nitrogens with one attached hydrogen (secondary N) is 1. The smallest absolute Gasteiger partial charge is 0.0329 e. The predicted molar refractivity (Wildman–Crippen MR) is 91.5 cm³/mol. The Kier molecular flexibility index (Phi) is 6.25. The van der Waals surface area contributed by atoms with Gasteiger partial charge in [-0.1, -0.05) is 57.0 Å². The van der Waals surface area contributed by atoms with Crippen LogP contribution in [0.3, 0.4) is 0 Å². The molecule has 0 radical (unpaired) electrons. The molecule has 118 valence electrons. The number of rotatable bonds is 7. The van der Waals surface area contributed by atoms with E-state index in [2.05, 4.69) is 61.4 Å². The van der Waals surface area contributed by atoms with Crippen LogP contribution < -0.4 is 5.32 Å². The monoisotopic (exact) mass is 288 g/mol. The second kappa shape index (κ2) is 7.95. The number of piperidine rings is 1. The zero-order chi connectivity index (χ0) is 15.1. The number of hydrogen-bond acceptors (Lipinski definition) is 2. The molecular formula is C19H32N2. The van der Waals surface area contributed by atoms with Gasteiger partial charge in [0, 0.05) is 6.04 Å². The van der Waals surface area contributed by atoms with Gasteiger partial charge >= 0.3 is 0 Å². The number of nitrogens with zero attached hydrogens (tertiary/aromatic N) is 1. The number of benzene rings is 1. The summed E-state index contributed by atoms with van der Waals surface area (Å²) in [5.41, 5.74) is 2.05. The second-order valence-electron chi connectivity index (χ2n) is 6.59. The Labute approximate surface area is 130 Å². The molecule has 1 saturated heterocycles. The maximum atomic E-state index is 3.47. The van der Waals surface area contributed by atoms with Gasteiger partial charge < -0.3 is 10.2 Å². The molecule has 1 N–H and O–H groups in total. The van der Waals surface area contributed by atoms with Crippen LogP contribution in [0.1, 0.15) is 57.6 Å². The first-order valence-electron chi connectivity index (χ1n) is 8.67. The quantitative estimate of drug-likeness (QED) is 0.807. The SMILES string of the molecule is CCC1(CC)CCN(CCC(NC)c2ccccc2)CC1. The maximum Gasteiger partial charge on any atom is 0.0329 e. The first-order chi connectivity index (χ1) is 10.2. The minimum absolute atomic E-state index is 0.482. The van der Waals surface area contributed by atoms with Gasteiger partial charge in [-0.15, -0.1) is 0 Å². The fourth-order valence-corrected chi connectivity index (χ4v) is 3.68. The van der Waals surface area contributed by atoms with E-state index in [1.807, 2.05) is 0 Å². The van der Waals surface area contributed by atoms with Gasteiger partial charge in [-0.3, -0.25) is 0 Å². The average molecular weight is 288 g/mol. The molecule has 0 saturated carbocycles. The summed E-state index contributed by atoms with van der Waals surface area (Å²) in [4.78, 5) is 2.66. The summed E-state index contributed by atoms with van der Waals surface area (Å²) in [7, 11) is 2.08. The highest BCUT2D eigenvalue weighted by atomic mass is 15.1. The summed E-state index contributed by atoms with van der Waals surface area (Å²) in [5.74, 6) is 0. The molecule has 2 nitrogen and oxygen atoms in total. The summed E-state index contributed by atoms with van der Waals surface area (Å²) >= 11 is 0. The molecule has 2 rings (SSSR count). The van der Waals surface area contributed by atoms with Gasteiger partial charge in [0.2, 0.25) is 0 Å². The summed E-state index contributed by atoms with van der Waals surface area (Å²) in [6.45, 7) is 8.51. The molecule has 1 aliphatic heterocycles. The molecule has 0 aliphatic carbocycles. The van der Waals surface area contributed by atoms with Crippen molar-refractivity contribution >= 4 is 0 Å². The third kappa shape index (κ3) is 4.31. The minimum atomic E-state index is 0.482. The van der Waals surface area contributed by atoms with E-state index in [-0.39, 0.29) is 0 Å². The van der Waals surface area contributed by atoms with Gasteiger partial charge in [0.25, 0.3) is 0 Å². The molecule has 1 aromatic carbocycles. The first kappa shape index (κ1) is 16.5. The molecule has 0 amide bonds. The fourth-order valence-electron chi connectivity index (χ4n) is 3.68. The molecule has 0 bridgehead atoms.